The van der Waals surface area contributed by atoms with E-state index >= 15 is 0 Å². The predicted octanol–water partition coefficient (Wildman–Crippen LogP) is 4.34. The molecule has 34 heavy (non-hydrogen) atoms. The maximum atomic E-state index is 13.3. The zero-order valence-electron chi connectivity index (χ0n) is 18.4. The minimum Gasteiger partial charge on any atom is -0.492 e. The lowest BCUT2D eigenvalue weighted by Gasteiger charge is -2.17. The van der Waals surface area contributed by atoms with Crippen LogP contribution in [0.4, 0.5) is 5.69 Å². The van der Waals surface area contributed by atoms with Crippen LogP contribution in [0, 0.1) is 10.1 Å². The molecule has 2 aromatic rings. The van der Waals surface area contributed by atoms with Gasteiger partial charge in [-0.25, -0.2) is 4.98 Å². The molecule has 3 heterocycles. The van der Waals surface area contributed by atoms with Crippen LogP contribution in [-0.2, 0) is 13.0 Å². The number of fused-ring (bicyclic) bond motifs is 3. The Kier molecular flexibility index (Phi) is 6.31. The van der Waals surface area contributed by atoms with E-state index in [2.05, 4.69) is 9.67 Å². The molecule has 2 aromatic carbocycles. The number of aromatic nitrogens is 4. The minimum absolute atomic E-state index is 0.000524. The van der Waals surface area contributed by atoms with Gasteiger partial charge in [-0.05, 0) is 37.5 Å². The average Bonchev–Trinajstić information content (AvgIpc) is 3.02. The molecule has 10 heteroatoms. The number of thioether (sulfide) groups is 1. The van der Waals surface area contributed by atoms with E-state index in [0.29, 0.717) is 29.5 Å². The average molecular weight is 478 g/mol. The van der Waals surface area contributed by atoms with E-state index in [0.717, 1.165) is 48.8 Å². The zero-order chi connectivity index (χ0) is 23.5. The van der Waals surface area contributed by atoms with Crippen molar-refractivity contribution in [3.8, 4) is 22.8 Å². The Morgan fingerprint density at radius 3 is 2.76 bits per heavy atom. The molecule has 0 saturated carbocycles. The molecule has 0 N–H and O–H groups in total. The number of nitrogens with zero attached hydrogens (tertiary/aromatic N) is 5. The summed E-state index contributed by atoms with van der Waals surface area (Å²) in [6, 6.07) is 15.6. The largest absolute Gasteiger partial charge is 0.492 e. The molecule has 0 aromatic heterocycles. The third-order valence-corrected chi connectivity index (χ3v) is 6.72. The van der Waals surface area contributed by atoms with Crippen molar-refractivity contribution >= 4 is 17.4 Å². The van der Waals surface area contributed by atoms with Gasteiger partial charge in [-0.15, -0.1) is 5.10 Å². The molecule has 0 aliphatic carbocycles. The third kappa shape index (κ3) is 4.41. The van der Waals surface area contributed by atoms with Gasteiger partial charge < -0.3 is 9.30 Å². The number of benzene rings is 2. The Morgan fingerprint density at radius 1 is 1.09 bits per heavy atom. The molecule has 5 rings (SSSR count). The molecule has 0 saturated heterocycles. The van der Waals surface area contributed by atoms with Crippen molar-refractivity contribution in [1.29, 1.82) is 0 Å². The molecule has 174 valence electrons. The molecule has 0 unspecified atom stereocenters. The van der Waals surface area contributed by atoms with Crippen molar-refractivity contribution in [3.63, 3.8) is 0 Å². The maximum absolute atomic E-state index is 13.3. The zero-order valence-corrected chi connectivity index (χ0v) is 19.2. The number of nitro groups is 1. The Labute approximate surface area is 199 Å². The van der Waals surface area contributed by atoms with Crippen molar-refractivity contribution < 1.29 is 9.66 Å². The summed E-state index contributed by atoms with van der Waals surface area (Å²) in [7, 11) is 0. The van der Waals surface area contributed by atoms with Crippen molar-refractivity contribution in [2.24, 2.45) is 0 Å². The van der Waals surface area contributed by atoms with Gasteiger partial charge in [0, 0.05) is 24.1 Å². The molecular weight excluding hydrogens is 454 g/mol. The molecule has 3 aliphatic heterocycles. The topological polar surface area (TPSA) is 105 Å². The summed E-state index contributed by atoms with van der Waals surface area (Å²) in [5.74, 6) is 1.52. The summed E-state index contributed by atoms with van der Waals surface area (Å²) in [4.78, 5) is 28.6. The van der Waals surface area contributed by atoms with Crippen LogP contribution < -0.4 is 10.3 Å². The van der Waals surface area contributed by atoms with Gasteiger partial charge in [0.25, 0.3) is 11.2 Å². The lowest BCUT2D eigenvalue weighted by Crippen LogP contribution is -2.19. The molecule has 3 aliphatic rings. The van der Waals surface area contributed by atoms with E-state index in [1.807, 2.05) is 30.3 Å². The monoisotopic (exact) mass is 477 g/mol. The number of hydrogen-bond acceptors (Lipinski definition) is 7. The van der Waals surface area contributed by atoms with Crippen molar-refractivity contribution in [2.45, 2.75) is 37.4 Å². The molecule has 0 bridgehead atoms. The van der Waals surface area contributed by atoms with E-state index < -0.39 is 4.92 Å². The summed E-state index contributed by atoms with van der Waals surface area (Å²) in [6.45, 7) is 1.18. The highest BCUT2D eigenvalue weighted by Crippen LogP contribution is 2.30. The Balaban J connectivity index is 1.41. The van der Waals surface area contributed by atoms with Gasteiger partial charge in [0.15, 0.2) is 11.0 Å². The Bertz CT molecular complexity index is 1350. The van der Waals surface area contributed by atoms with Crippen LogP contribution in [0.5, 0.6) is 5.75 Å². The number of non-ortho nitro benzene ring substituents is 1. The van der Waals surface area contributed by atoms with Crippen molar-refractivity contribution in [1.82, 2.24) is 19.3 Å². The molecule has 9 nitrogen and oxygen atoms in total. The van der Waals surface area contributed by atoms with Gasteiger partial charge in [-0.3, -0.25) is 14.9 Å². The normalized spacial score (nSPS) is 13.4. The SMILES string of the molecule is O=c1c2c3n(c(SCCOc4cccc([N+](=O)[O-])c4)nc-2nn1-c1ccccc1)CCCCC3. The Morgan fingerprint density at radius 2 is 1.94 bits per heavy atom. The number of nitro benzene ring substituents is 1. The van der Waals surface area contributed by atoms with Gasteiger partial charge in [-0.2, -0.15) is 4.68 Å². The van der Waals surface area contributed by atoms with Gasteiger partial charge in [-0.1, -0.05) is 42.4 Å². The highest BCUT2D eigenvalue weighted by atomic mass is 32.2. The van der Waals surface area contributed by atoms with Gasteiger partial charge in [0.05, 0.1) is 23.3 Å². The predicted molar refractivity (Wildman–Crippen MR) is 129 cm³/mol. The van der Waals surface area contributed by atoms with Crippen LogP contribution in [0.15, 0.2) is 64.5 Å². The lowest BCUT2D eigenvalue weighted by atomic mass is 10.1. The fraction of sp³-hybridized carbons (Fsp3) is 0.292. The van der Waals surface area contributed by atoms with Crippen LogP contribution in [-0.4, -0.2) is 36.6 Å². The maximum Gasteiger partial charge on any atom is 0.284 e. The molecular formula is C24H23N5O4S. The highest BCUT2D eigenvalue weighted by molar-refractivity contribution is 7.99. The van der Waals surface area contributed by atoms with Gasteiger partial charge in [0.2, 0.25) is 0 Å². The first kappa shape index (κ1) is 22.1. The number of hydrogen-bond donors (Lipinski definition) is 0. The second-order valence-electron chi connectivity index (χ2n) is 8.01. The second-order valence-corrected chi connectivity index (χ2v) is 9.07. The minimum atomic E-state index is -0.439. The highest BCUT2D eigenvalue weighted by Gasteiger charge is 2.27. The Hall–Kier alpha value is -3.66. The lowest BCUT2D eigenvalue weighted by molar-refractivity contribution is -0.384. The summed E-state index contributed by atoms with van der Waals surface area (Å²) < 4.78 is 9.32. The smallest absolute Gasteiger partial charge is 0.284 e. The van der Waals surface area contributed by atoms with Gasteiger partial charge in [0.1, 0.15) is 11.3 Å². The van der Waals surface area contributed by atoms with Crippen molar-refractivity contribution in [2.75, 3.05) is 12.4 Å². The molecule has 0 spiro atoms. The van der Waals surface area contributed by atoms with E-state index in [1.54, 1.807) is 23.9 Å². The van der Waals surface area contributed by atoms with Crippen LogP contribution in [0.1, 0.15) is 25.0 Å². The molecule has 0 fully saturated rings. The quantitative estimate of drug-likeness (QED) is 0.128. The second kappa shape index (κ2) is 9.68. The van der Waals surface area contributed by atoms with Crippen LogP contribution in [0.2, 0.25) is 0 Å². The van der Waals surface area contributed by atoms with E-state index in [4.69, 9.17) is 9.72 Å². The fourth-order valence-corrected chi connectivity index (χ4v) is 5.04. The van der Waals surface area contributed by atoms with Crippen LogP contribution in [0.3, 0.4) is 0 Å². The van der Waals surface area contributed by atoms with E-state index in [9.17, 15) is 14.9 Å². The number of ether oxygens (including phenoxy) is 1. The molecule has 0 atom stereocenters. The fourth-order valence-electron chi connectivity index (χ4n) is 4.19. The van der Waals surface area contributed by atoms with Crippen LogP contribution in [0.25, 0.3) is 17.1 Å². The standard InChI is InChI=1S/C24H23N5O4S/c30-23-21-20-12-5-2-6-13-27(20)24(25-22(21)26-28(23)17-8-3-1-4-9-17)34-15-14-33-19-11-7-10-18(16-19)29(31)32/h1,3-4,7-11,16H,2,5-6,12-15H2. The van der Waals surface area contributed by atoms with Crippen molar-refractivity contribution in [3.05, 3.63) is 80.8 Å². The molecule has 0 amide bonds. The van der Waals surface area contributed by atoms with Crippen LogP contribution >= 0.6 is 11.8 Å². The summed E-state index contributed by atoms with van der Waals surface area (Å²) in [5.41, 5.74) is 2.18. The summed E-state index contributed by atoms with van der Waals surface area (Å²) in [6.07, 6.45) is 3.97. The first-order chi connectivity index (χ1) is 16.6. The molecule has 0 radical (unpaired) electrons. The first-order valence-corrected chi connectivity index (χ1v) is 12.2. The number of rotatable bonds is 7. The number of para-hydroxylation sites is 1. The summed E-state index contributed by atoms with van der Waals surface area (Å²) in [5, 5.41) is 16.3. The third-order valence-electron chi connectivity index (χ3n) is 5.78. The van der Waals surface area contributed by atoms with Gasteiger partial charge >= 0.3 is 0 Å². The van der Waals surface area contributed by atoms with E-state index in [-0.39, 0.29) is 11.2 Å². The van der Waals surface area contributed by atoms with E-state index in [1.165, 1.54) is 16.8 Å². The first-order valence-electron chi connectivity index (χ1n) is 11.2. The summed E-state index contributed by atoms with van der Waals surface area (Å²) >= 11 is 1.54.